The zero-order valence-corrected chi connectivity index (χ0v) is 7.84. The summed E-state index contributed by atoms with van der Waals surface area (Å²) in [6.07, 6.45) is 6.56. The largest absolute Gasteiger partial charge is 0.327 e. The smallest absolute Gasteiger partial charge is 0.00733 e. The Morgan fingerprint density at radius 1 is 1.36 bits per heavy atom. The van der Waals surface area contributed by atoms with Gasteiger partial charge in [-0.15, -0.1) is 6.58 Å². The first-order valence-corrected chi connectivity index (χ1v) is 4.53. The van der Waals surface area contributed by atoms with Crippen LogP contribution in [0.25, 0.3) is 0 Å². The number of rotatable bonds is 6. The Morgan fingerprint density at radius 2 is 2.00 bits per heavy atom. The Balaban J connectivity index is 3.16. The highest BCUT2D eigenvalue weighted by Crippen LogP contribution is 2.08. The molecule has 0 aliphatic carbocycles. The first-order valence-electron chi connectivity index (χ1n) is 4.53. The predicted octanol–water partition coefficient (Wildman–Crippen LogP) is 2.72. The van der Waals surface area contributed by atoms with Crippen LogP contribution in [-0.2, 0) is 0 Å². The van der Waals surface area contributed by atoms with Crippen molar-refractivity contribution in [3.8, 4) is 0 Å². The van der Waals surface area contributed by atoms with Crippen molar-refractivity contribution in [3.63, 3.8) is 0 Å². The van der Waals surface area contributed by atoms with E-state index in [2.05, 4.69) is 20.4 Å². The molecule has 0 saturated heterocycles. The van der Waals surface area contributed by atoms with Gasteiger partial charge in [0.15, 0.2) is 0 Å². The van der Waals surface area contributed by atoms with Gasteiger partial charge in [-0.05, 0) is 18.8 Å². The molecule has 0 radical (unpaired) electrons. The molecule has 0 rings (SSSR count). The van der Waals surface area contributed by atoms with Crippen molar-refractivity contribution in [1.82, 2.24) is 0 Å². The van der Waals surface area contributed by atoms with Crippen molar-refractivity contribution in [2.75, 3.05) is 0 Å². The molecule has 0 aromatic heterocycles. The molecule has 1 heteroatoms. The van der Waals surface area contributed by atoms with Crippen molar-refractivity contribution < 1.29 is 0 Å². The minimum Gasteiger partial charge on any atom is -0.327 e. The lowest BCUT2D eigenvalue weighted by Crippen LogP contribution is -2.18. The summed E-state index contributed by atoms with van der Waals surface area (Å²) in [4.78, 5) is 0. The molecule has 0 bridgehead atoms. The second kappa shape index (κ2) is 6.41. The summed E-state index contributed by atoms with van der Waals surface area (Å²) < 4.78 is 0. The highest BCUT2D eigenvalue weighted by molar-refractivity contribution is 4.74. The molecule has 0 amide bonds. The second-order valence-electron chi connectivity index (χ2n) is 3.61. The van der Waals surface area contributed by atoms with Gasteiger partial charge in [-0.1, -0.05) is 32.8 Å². The first-order chi connectivity index (χ1) is 5.16. The van der Waals surface area contributed by atoms with E-state index in [1.165, 1.54) is 12.8 Å². The summed E-state index contributed by atoms with van der Waals surface area (Å²) in [5, 5.41) is 0. The first kappa shape index (κ1) is 10.7. The Kier molecular flexibility index (Phi) is 6.24. The Labute approximate surface area is 70.7 Å². The molecule has 0 fully saturated rings. The minimum absolute atomic E-state index is 0.339. The van der Waals surface area contributed by atoms with Gasteiger partial charge in [-0.25, -0.2) is 0 Å². The highest BCUT2D eigenvalue weighted by Gasteiger charge is 2.00. The van der Waals surface area contributed by atoms with Gasteiger partial charge in [0.05, 0.1) is 0 Å². The molecule has 0 aromatic carbocycles. The molecule has 0 aliphatic rings. The normalized spacial score (nSPS) is 13.5. The lowest BCUT2D eigenvalue weighted by Gasteiger charge is -2.09. The highest BCUT2D eigenvalue weighted by atomic mass is 14.6. The molecule has 0 saturated carbocycles. The van der Waals surface area contributed by atoms with E-state index in [4.69, 9.17) is 5.73 Å². The van der Waals surface area contributed by atoms with E-state index in [0.29, 0.717) is 6.04 Å². The maximum Gasteiger partial charge on any atom is 0.00733 e. The fourth-order valence-corrected chi connectivity index (χ4v) is 1.12. The van der Waals surface area contributed by atoms with Crippen molar-refractivity contribution >= 4 is 0 Å². The lowest BCUT2D eigenvalue weighted by molar-refractivity contribution is 0.499. The van der Waals surface area contributed by atoms with E-state index in [0.717, 1.165) is 18.8 Å². The van der Waals surface area contributed by atoms with Crippen LogP contribution < -0.4 is 5.73 Å². The fourth-order valence-electron chi connectivity index (χ4n) is 1.12. The van der Waals surface area contributed by atoms with Crippen LogP contribution >= 0.6 is 0 Å². The summed E-state index contributed by atoms with van der Waals surface area (Å²) in [7, 11) is 0. The Morgan fingerprint density at radius 3 is 2.45 bits per heavy atom. The van der Waals surface area contributed by atoms with Gasteiger partial charge in [0.2, 0.25) is 0 Å². The third-order valence-corrected chi connectivity index (χ3v) is 1.83. The van der Waals surface area contributed by atoms with E-state index >= 15 is 0 Å². The molecule has 1 unspecified atom stereocenters. The molecule has 2 N–H and O–H groups in total. The summed E-state index contributed by atoms with van der Waals surface area (Å²) in [5.41, 5.74) is 5.80. The topological polar surface area (TPSA) is 26.0 Å². The number of hydrogen-bond donors (Lipinski definition) is 1. The third kappa shape index (κ3) is 7.60. The maximum absolute atomic E-state index is 5.80. The average molecular weight is 155 g/mol. The van der Waals surface area contributed by atoms with Crippen molar-refractivity contribution in [2.45, 2.75) is 45.6 Å². The molecule has 0 aromatic rings. The van der Waals surface area contributed by atoms with Gasteiger partial charge in [0.25, 0.3) is 0 Å². The fraction of sp³-hybridized carbons (Fsp3) is 0.800. The maximum atomic E-state index is 5.80. The zero-order valence-electron chi connectivity index (χ0n) is 7.84. The third-order valence-electron chi connectivity index (χ3n) is 1.83. The quantitative estimate of drug-likeness (QED) is 0.586. The van der Waals surface area contributed by atoms with E-state index in [9.17, 15) is 0 Å². The zero-order chi connectivity index (χ0) is 8.69. The molecule has 0 aliphatic heterocycles. The molecule has 0 spiro atoms. The van der Waals surface area contributed by atoms with Gasteiger partial charge >= 0.3 is 0 Å². The minimum atomic E-state index is 0.339. The molecular weight excluding hydrogens is 134 g/mol. The van der Waals surface area contributed by atoms with Crippen LogP contribution in [0.15, 0.2) is 12.7 Å². The van der Waals surface area contributed by atoms with Crippen LogP contribution in [0.4, 0.5) is 0 Å². The monoisotopic (exact) mass is 155 g/mol. The van der Waals surface area contributed by atoms with Crippen LogP contribution in [0.1, 0.15) is 39.5 Å². The molecule has 66 valence electrons. The summed E-state index contributed by atoms with van der Waals surface area (Å²) in [6, 6.07) is 0.339. The second-order valence-corrected chi connectivity index (χ2v) is 3.61. The SMILES string of the molecule is C=CCC(N)CCCC(C)C. The summed E-state index contributed by atoms with van der Waals surface area (Å²) >= 11 is 0. The Bertz CT molecular complexity index is 97.0. The predicted molar refractivity (Wildman–Crippen MR) is 51.5 cm³/mol. The summed E-state index contributed by atoms with van der Waals surface area (Å²) in [5.74, 6) is 0.811. The van der Waals surface area contributed by atoms with E-state index in [1.54, 1.807) is 0 Å². The van der Waals surface area contributed by atoms with Gasteiger partial charge in [-0.2, -0.15) is 0 Å². The van der Waals surface area contributed by atoms with Crippen LogP contribution in [0.3, 0.4) is 0 Å². The van der Waals surface area contributed by atoms with Gasteiger partial charge in [0, 0.05) is 6.04 Å². The molecule has 11 heavy (non-hydrogen) atoms. The molecule has 1 nitrogen and oxygen atoms in total. The van der Waals surface area contributed by atoms with Crippen LogP contribution in [-0.4, -0.2) is 6.04 Å². The van der Waals surface area contributed by atoms with Crippen LogP contribution in [0.5, 0.6) is 0 Å². The van der Waals surface area contributed by atoms with Crippen LogP contribution in [0, 0.1) is 5.92 Å². The molecule has 1 atom stereocenters. The van der Waals surface area contributed by atoms with Gasteiger partial charge in [-0.3, -0.25) is 0 Å². The van der Waals surface area contributed by atoms with E-state index in [1.807, 2.05) is 6.08 Å². The van der Waals surface area contributed by atoms with Gasteiger partial charge in [0.1, 0.15) is 0 Å². The summed E-state index contributed by atoms with van der Waals surface area (Å²) in [6.45, 7) is 8.16. The average Bonchev–Trinajstić information content (AvgIpc) is 1.87. The molecule has 0 heterocycles. The standard InChI is InChI=1S/C10H21N/c1-4-6-10(11)8-5-7-9(2)3/h4,9-10H,1,5-8,11H2,2-3H3. The van der Waals surface area contributed by atoms with Crippen molar-refractivity contribution in [3.05, 3.63) is 12.7 Å². The van der Waals surface area contributed by atoms with Crippen LogP contribution in [0.2, 0.25) is 0 Å². The van der Waals surface area contributed by atoms with Crippen molar-refractivity contribution in [1.29, 1.82) is 0 Å². The number of hydrogen-bond acceptors (Lipinski definition) is 1. The van der Waals surface area contributed by atoms with Gasteiger partial charge < -0.3 is 5.73 Å². The van der Waals surface area contributed by atoms with E-state index in [-0.39, 0.29) is 0 Å². The number of nitrogens with two attached hydrogens (primary N) is 1. The van der Waals surface area contributed by atoms with Crippen molar-refractivity contribution in [2.24, 2.45) is 11.7 Å². The Hall–Kier alpha value is -0.300. The molecular formula is C10H21N. The van der Waals surface area contributed by atoms with E-state index < -0.39 is 0 Å². The lowest BCUT2D eigenvalue weighted by atomic mass is 10.0.